The van der Waals surface area contributed by atoms with Crippen molar-refractivity contribution < 1.29 is 42.9 Å². The van der Waals surface area contributed by atoms with Crippen LogP contribution in [0.15, 0.2) is 48.5 Å². The normalized spacial score (nSPS) is 10.0. The number of esters is 3. The monoisotopic (exact) mass is 459 g/mol. The standard InChI is InChI=1S/C23H25NO9/c1-3-29-20(25)14-31-19-11-10-17(12-18(19)22(27)32-15-21(26)30-4-2)24-23(28)33-13-16-8-6-5-7-9-16/h5-12H,3-4,13-15H2,1-2H3,(H,24,28). The van der Waals surface area contributed by atoms with E-state index in [-0.39, 0.29) is 36.8 Å². The zero-order valence-corrected chi connectivity index (χ0v) is 18.3. The first-order valence-electron chi connectivity index (χ1n) is 10.2. The Hall–Kier alpha value is -4.08. The summed E-state index contributed by atoms with van der Waals surface area (Å²) in [6.45, 7) is 2.57. The Morgan fingerprint density at radius 2 is 1.45 bits per heavy atom. The summed E-state index contributed by atoms with van der Waals surface area (Å²) >= 11 is 0. The maximum Gasteiger partial charge on any atom is 0.411 e. The van der Waals surface area contributed by atoms with E-state index < -0.39 is 37.2 Å². The molecule has 0 aromatic heterocycles. The minimum absolute atomic E-state index is 0.000106. The van der Waals surface area contributed by atoms with Crippen molar-refractivity contribution in [3.05, 3.63) is 59.7 Å². The van der Waals surface area contributed by atoms with Crippen molar-refractivity contribution in [3.63, 3.8) is 0 Å². The van der Waals surface area contributed by atoms with Gasteiger partial charge >= 0.3 is 24.0 Å². The van der Waals surface area contributed by atoms with Gasteiger partial charge in [0.05, 0.1) is 13.2 Å². The van der Waals surface area contributed by atoms with Crippen molar-refractivity contribution in [1.29, 1.82) is 0 Å². The van der Waals surface area contributed by atoms with E-state index in [1.165, 1.54) is 18.2 Å². The molecule has 0 unspecified atom stereocenters. The Bertz CT molecular complexity index is 960. The fourth-order valence-electron chi connectivity index (χ4n) is 2.51. The van der Waals surface area contributed by atoms with Crippen LogP contribution >= 0.6 is 0 Å². The Morgan fingerprint density at radius 1 is 0.788 bits per heavy atom. The molecule has 1 amide bonds. The summed E-state index contributed by atoms with van der Waals surface area (Å²) in [5.74, 6) is -2.27. The van der Waals surface area contributed by atoms with Crippen molar-refractivity contribution in [3.8, 4) is 5.75 Å². The summed E-state index contributed by atoms with van der Waals surface area (Å²) in [5, 5.41) is 2.50. The van der Waals surface area contributed by atoms with E-state index in [4.69, 9.17) is 23.7 Å². The lowest BCUT2D eigenvalue weighted by Crippen LogP contribution is -2.19. The highest BCUT2D eigenvalue weighted by Crippen LogP contribution is 2.24. The lowest BCUT2D eigenvalue weighted by molar-refractivity contribution is -0.146. The van der Waals surface area contributed by atoms with Crippen molar-refractivity contribution in [1.82, 2.24) is 0 Å². The molecule has 1 N–H and O–H groups in total. The number of anilines is 1. The lowest BCUT2D eigenvalue weighted by atomic mass is 10.1. The van der Waals surface area contributed by atoms with Gasteiger partial charge in [0.2, 0.25) is 0 Å². The second kappa shape index (κ2) is 13.4. The van der Waals surface area contributed by atoms with E-state index in [1.807, 2.05) is 18.2 Å². The minimum atomic E-state index is -0.914. The number of rotatable bonds is 11. The zero-order valence-electron chi connectivity index (χ0n) is 18.3. The predicted octanol–water partition coefficient (Wildman–Crippen LogP) is 3.10. The predicted molar refractivity (Wildman–Crippen MR) is 116 cm³/mol. The molecule has 0 bridgehead atoms. The molecule has 10 nitrogen and oxygen atoms in total. The molecule has 0 radical (unpaired) electrons. The second-order valence-electron chi connectivity index (χ2n) is 6.37. The van der Waals surface area contributed by atoms with Crippen LogP contribution in [0.3, 0.4) is 0 Å². The third kappa shape index (κ3) is 8.90. The van der Waals surface area contributed by atoms with Gasteiger partial charge in [-0.2, -0.15) is 0 Å². The summed E-state index contributed by atoms with van der Waals surface area (Å²) in [4.78, 5) is 47.7. The maximum absolute atomic E-state index is 12.5. The third-order valence-corrected chi connectivity index (χ3v) is 3.94. The van der Waals surface area contributed by atoms with Gasteiger partial charge in [-0.3, -0.25) is 5.32 Å². The van der Waals surface area contributed by atoms with Gasteiger partial charge in [-0.25, -0.2) is 19.2 Å². The van der Waals surface area contributed by atoms with Crippen molar-refractivity contribution in [2.24, 2.45) is 0 Å². The van der Waals surface area contributed by atoms with Crippen LogP contribution in [0.2, 0.25) is 0 Å². The molecule has 2 rings (SSSR count). The number of hydrogen-bond donors (Lipinski definition) is 1. The molecule has 0 fully saturated rings. The largest absolute Gasteiger partial charge is 0.481 e. The molecule has 33 heavy (non-hydrogen) atoms. The number of amides is 1. The first kappa shape index (κ1) is 25.2. The maximum atomic E-state index is 12.5. The Kier molecular flexibility index (Phi) is 10.2. The average Bonchev–Trinajstić information content (AvgIpc) is 2.81. The number of carbonyl (C=O) groups excluding carboxylic acids is 4. The summed E-state index contributed by atoms with van der Waals surface area (Å²) in [6, 6.07) is 13.2. The van der Waals surface area contributed by atoms with Crippen molar-refractivity contribution in [2.45, 2.75) is 20.5 Å². The fourth-order valence-corrected chi connectivity index (χ4v) is 2.51. The van der Waals surface area contributed by atoms with Gasteiger partial charge in [-0.05, 0) is 37.6 Å². The molecular weight excluding hydrogens is 434 g/mol. The first-order chi connectivity index (χ1) is 15.9. The first-order valence-corrected chi connectivity index (χ1v) is 10.2. The number of ether oxygens (including phenoxy) is 5. The zero-order chi connectivity index (χ0) is 24.1. The van der Waals surface area contributed by atoms with Crippen LogP contribution in [0.5, 0.6) is 5.75 Å². The Labute approximate surface area is 190 Å². The molecule has 176 valence electrons. The number of benzene rings is 2. The molecule has 0 atom stereocenters. The quantitative estimate of drug-likeness (QED) is 0.398. The molecular formula is C23H25NO9. The Balaban J connectivity index is 2.09. The minimum Gasteiger partial charge on any atom is -0.481 e. The van der Waals surface area contributed by atoms with Crippen LogP contribution in [-0.4, -0.2) is 50.4 Å². The Morgan fingerprint density at radius 3 is 2.12 bits per heavy atom. The molecule has 2 aromatic rings. The van der Waals surface area contributed by atoms with Crippen LogP contribution in [0.25, 0.3) is 0 Å². The van der Waals surface area contributed by atoms with Gasteiger partial charge in [0, 0.05) is 5.69 Å². The summed E-state index contributed by atoms with van der Waals surface area (Å²) in [7, 11) is 0. The molecule has 0 aliphatic heterocycles. The lowest BCUT2D eigenvalue weighted by Gasteiger charge is -2.13. The number of hydrogen-bond acceptors (Lipinski definition) is 9. The van der Waals surface area contributed by atoms with Gasteiger partial charge in [0.1, 0.15) is 17.9 Å². The highest BCUT2D eigenvalue weighted by atomic mass is 16.6. The van der Waals surface area contributed by atoms with Gasteiger partial charge in [-0.15, -0.1) is 0 Å². The number of nitrogens with one attached hydrogen (secondary N) is 1. The highest BCUT2D eigenvalue weighted by Gasteiger charge is 2.19. The van der Waals surface area contributed by atoms with E-state index >= 15 is 0 Å². The van der Waals surface area contributed by atoms with Crippen LogP contribution in [-0.2, 0) is 35.1 Å². The molecule has 0 heterocycles. The van der Waals surface area contributed by atoms with E-state index in [2.05, 4.69) is 5.32 Å². The van der Waals surface area contributed by atoms with Crippen LogP contribution in [0, 0.1) is 0 Å². The van der Waals surface area contributed by atoms with E-state index in [0.717, 1.165) is 5.56 Å². The second-order valence-corrected chi connectivity index (χ2v) is 6.37. The van der Waals surface area contributed by atoms with E-state index in [9.17, 15) is 19.2 Å². The average molecular weight is 459 g/mol. The van der Waals surface area contributed by atoms with Gasteiger partial charge < -0.3 is 23.7 Å². The third-order valence-electron chi connectivity index (χ3n) is 3.94. The van der Waals surface area contributed by atoms with Gasteiger partial charge in [0.15, 0.2) is 13.2 Å². The highest BCUT2D eigenvalue weighted by molar-refractivity contribution is 5.96. The smallest absolute Gasteiger partial charge is 0.411 e. The van der Waals surface area contributed by atoms with Gasteiger partial charge in [-0.1, -0.05) is 30.3 Å². The van der Waals surface area contributed by atoms with Crippen LogP contribution < -0.4 is 10.1 Å². The summed E-state index contributed by atoms with van der Waals surface area (Å²) in [5.41, 5.74) is 0.891. The molecule has 10 heteroatoms. The van der Waals surface area contributed by atoms with Crippen LogP contribution in [0.1, 0.15) is 29.8 Å². The molecule has 0 aliphatic carbocycles. The summed E-state index contributed by atoms with van der Waals surface area (Å²) < 4.78 is 25.0. The van der Waals surface area contributed by atoms with Crippen LogP contribution in [0.4, 0.5) is 10.5 Å². The van der Waals surface area contributed by atoms with Crippen molar-refractivity contribution in [2.75, 3.05) is 31.7 Å². The van der Waals surface area contributed by atoms with E-state index in [0.29, 0.717) is 0 Å². The molecule has 0 saturated heterocycles. The topological polar surface area (TPSA) is 126 Å². The molecule has 0 aliphatic rings. The number of carbonyl (C=O) groups is 4. The van der Waals surface area contributed by atoms with E-state index in [1.54, 1.807) is 26.0 Å². The van der Waals surface area contributed by atoms with Gasteiger partial charge in [0.25, 0.3) is 0 Å². The molecule has 0 saturated carbocycles. The molecule has 0 spiro atoms. The fraction of sp³-hybridized carbons (Fsp3) is 0.304. The van der Waals surface area contributed by atoms with Crippen molar-refractivity contribution >= 4 is 29.7 Å². The molecule has 2 aromatic carbocycles. The SMILES string of the molecule is CCOC(=O)COC(=O)c1cc(NC(=O)OCc2ccccc2)ccc1OCC(=O)OCC. The summed E-state index contributed by atoms with van der Waals surface area (Å²) in [6.07, 6.45) is -0.745.